The summed E-state index contributed by atoms with van der Waals surface area (Å²) in [6.07, 6.45) is 2.82. The van der Waals surface area contributed by atoms with Gasteiger partial charge in [-0.25, -0.2) is 0 Å². The van der Waals surface area contributed by atoms with E-state index in [0.29, 0.717) is 12.1 Å². The van der Waals surface area contributed by atoms with E-state index in [9.17, 15) is 4.79 Å². The van der Waals surface area contributed by atoms with Crippen LogP contribution < -0.4 is 5.32 Å². The second-order valence-electron chi connectivity index (χ2n) is 7.09. The molecule has 1 saturated carbocycles. The Kier molecular flexibility index (Phi) is 5.28. The molecule has 0 aromatic rings. The van der Waals surface area contributed by atoms with Gasteiger partial charge in [-0.05, 0) is 47.1 Å². The third-order valence-electron chi connectivity index (χ3n) is 5.14. The Bertz CT molecular complexity index is 375. The molecule has 0 spiro atoms. The first-order valence-corrected chi connectivity index (χ1v) is 8.18. The van der Waals surface area contributed by atoms with Gasteiger partial charge in [0.25, 0.3) is 0 Å². The van der Waals surface area contributed by atoms with Gasteiger partial charge in [-0.1, -0.05) is 0 Å². The summed E-state index contributed by atoms with van der Waals surface area (Å²) in [5, 5.41) is 3.48. The Morgan fingerprint density at radius 2 is 2.10 bits per heavy atom. The lowest BCUT2D eigenvalue weighted by Crippen LogP contribution is -2.56. The summed E-state index contributed by atoms with van der Waals surface area (Å²) in [4.78, 5) is 17.3. The van der Waals surface area contributed by atoms with E-state index in [4.69, 9.17) is 4.74 Å². The van der Waals surface area contributed by atoms with Crippen LogP contribution in [0.4, 0.5) is 0 Å². The summed E-state index contributed by atoms with van der Waals surface area (Å²) in [5.74, 6) is -0.0964. The van der Waals surface area contributed by atoms with Crippen LogP contribution in [0.1, 0.15) is 40.0 Å². The van der Waals surface area contributed by atoms with Crippen LogP contribution in [0.5, 0.6) is 0 Å². The third kappa shape index (κ3) is 3.58. The number of nitrogens with zero attached hydrogens (tertiary/aromatic N) is 2. The molecule has 122 valence electrons. The normalized spacial score (nSPS) is 35.3. The van der Waals surface area contributed by atoms with E-state index >= 15 is 0 Å². The van der Waals surface area contributed by atoms with Gasteiger partial charge in [0.05, 0.1) is 7.11 Å². The number of hydrogen-bond acceptors (Lipinski definition) is 5. The van der Waals surface area contributed by atoms with Crippen LogP contribution in [0.3, 0.4) is 0 Å². The number of nitrogens with one attached hydrogen (secondary N) is 1. The van der Waals surface area contributed by atoms with Crippen molar-refractivity contribution in [1.29, 1.82) is 0 Å². The Morgan fingerprint density at radius 1 is 1.38 bits per heavy atom. The number of rotatable bonds is 4. The van der Waals surface area contributed by atoms with Crippen molar-refractivity contribution in [2.75, 3.05) is 33.8 Å². The fourth-order valence-corrected chi connectivity index (χ4v) is 3.86. The van der Waals surface area contributed by atoms with Crippen LogP contribution in [-0.4, -0.2) is 73.2 Å². The summed E-state index contributed by atoms with van der Waals surface area (Å²) in [7, 11) is 3.69. The van der Waals surface area contributed by atoms with Crippen LogP contribution in [0.15, 0.2) is 0 Å². The number of likely N-dealkylation sites (N-methyl/N-ethyl adjacent to an activating group) is 1. The zero-order valence-electron chi connectivity index (χ0n) is 14.2. The molecule has 1 aliphatic heterocycles. The molecule has 3 unspecified atom stereocenters. The van der Waals surface area contributed by atoms with Crippen molar-refractivity contribution in [3.05, 3.63) is 0 Å². The molecule has 2 aliphatic rings. The van der Waals surface area contributed by atoms with Crippen molar-refractivity contribution in [3.63, 3.8) is 0 Å². The monoisotopic (exact) mass is 297 g/mol. The molecule has 2 fully saturated rings. The molecule has 1 saturated heterocycles. The van der Waals surface area contributed by atoms with Gasteiger partial charge in [0.15, 0.2) is 0 Å². The van der Waals surface area contributed by atoms with Crippen molar-refractivity contribution in [2.45, 2.75) is 63.7 Å². The van der Waals surface area contributed by atoms with E-state index in [1.165, 1.54) is 7.11 Å². The summed E-state index contributed by atoms with van der Waals surface area (Å²) >= 11 is 0. The van der Waals surface area contributed by atoms with E-state index in [1.54, 1.807) is 0 Å². The van der Waals surface area contributed by atoms with Gasteiger partial charge in [-0.3, -0.25) is 15.0 Å². The van der Waals surface area contributed by atoms with Gasteiger partial charge in [-0.15, -0.1) is 0 Å². The first kappa shape index (κ1) is 16.7. The van der Waals surface area contributed by atoms with Crippen LogP contribution in [-0.2, 0) is 9.53 Å². The van der Waals surface area contributed by atoms with E-state index in [0.717, 1.165) is 38.9 Å². The molecule has 1 aliphatic carbocycles. The average molecular weight is 297 g/mol. The second-order valence-corrected chi connectivity index (χ2v) is 7.09. The van der Waals surface area contributed by atoms with Gasteiger partial charge in [0.2, 0.25) is 0 Å². The maximum Gasteiger partial charge on any atom is 0.326 e. The first-order valence-electron chi connectivity index (χ1n) is 8.18. The van der Waals surface area contributed by atoms with Gasteiger partial charge < -0.3 is 9.64 Å². The molecule has 1 N–H and O–H groups in total. The molecular weight excluding hydrogens is 266 g/mol. The zero-order chi connectivity index (χ0) is 15.6. The predicted molar refractivity (Wildman–Crippen MR) is 84.3 cm³/mol. The molecule has 21 heavy (non-hydrogen) atoms. The van der Waals surface area contributed by atoms with Crippen molar-refractivity contribution >= 4 is 5.97 Å². The fraction of sp³-hybridized carbons (Fsp3) is 0.938. The second kappa shape index (κ2) is 6.63. The van der Waals surface area contributed by atoms with Crippen LogP contribution in [0.25, 0.3) is 0 Å². The third-order valence-corrected chi connectivity index (χ3v) is 5.14. The molecule has 3 atom stereocenters. The Hall–Kier alpha value is -0.650. The van der Waals surface area contributed by atoms with Crippen LogP contribution >= 0.6 is 0 Å². The van der Waals surface area contributed by atoms with Gasteiger partial charge in [-0.2, -0.15) is 0 Å². The number of carbonyl (C=O) groups is 1. The Morgan fingerprint density at radius 3 is 2.67 bits per heavy atom. The summed E-state index contributed by atoms with van der Waals surface area (Å²) < 4.78 is 5.08. The van der Waals surface area contributed by atoms with Crippen molar-refractivity contribution in [1.82, 2.24) is 15.1 Å². The lowest BCUT2D eigenvalue weighted by molar-refractivity contribution is -0.149. The predicted octanol–water partition coefficient (Wildman–Crippen LogP) is 1.08. The number of hydrogen-bond donors (Lipinski definition) is 1. The molecule has 0 bridgehead atoms. The van der Waals surface area contributed by atoms with E-state index < -0.39 is 5.54 Å². The highest BCUT2D eigenvalue weighted by atomic mass is 16.5. The van der Waals surface area contributed by atoms with E-state index in [1.807, 2.05) is 0 Å². The number of methoxy groups -OCH3 is 1. The maximum atomic E-state index is 12.3. The highest BCUT2D eigenvalue weighted by Crippen LogP contribution is 2.35. The molecule has 1 heterocycles. The molecule has 0 aromatic carbocycles. The quantitative estimate of drug-likeness (QED) is 0.787. The standard InChI is InChI=1S/C16H31N3O2/c1-12(2)17-16(15(20)21-5)7-6-14(10-16)19-9-8-18(4)13(3)11-19/h12-14,17H,6-11H2,1-5H3. The van der Waals surface area contributed by atoms with Gasteiger partial charge >= 0.3 is 5.97 Å². The smallest absolute Gasteiger partial charge is 0.326 e. The first-order chi connectivity index (χ1) is 9.88. The SMILES string of the molecule is COC(=O)C1(NC(C)C)CCC(N2CCN(C)C(C)C2)C1. The van der Waals surface area contributed by atoms with Gasteiger partial charge in [0, 0.05) is 37.8 Å². The summed E-state index contributed by atoms with van der Waals surface area (Å²) in [5.41, 5.74) is -0.486. The largest absolute Gasteiger partial charge is 0.468 e. The van der Waals surface area contributed by atoms with Crippen molar-refractivity contribution in [3.8, 4) is 0 Å². The minimum atomic E-state index is -0.486. The minimum absolute atomic E-state index is 0.0964. The number of esters is 1. The highest BCUT2D eigenvalue weighted by Gasteiger charge is 2.48. The zero-order valence-corrected chi connectivity index (χ0v) is 14.2. The van der Waals surface area contributed by atoms with Crippen molar-refractivity contribution in [2.24, 2.45) is 0 Å². The average Bonchev–Trinajstić information content (AvgIpc) is 2.85. The maximum absolute atomic E-state index is 12.3. The molecule has 0 aromatic heterocycles. The molecule has 5 nitrogen and oxygen atoms in total. The Labute approximate surface area is 129 Å². The van der Waals surface area contributed by atoms with E-state index in [2.05, 4.69) is 42.9 Å². The van der Waals surface area contributed by atoms with Crippen molar-refractivity contribution < 1.29 is 9.53 Å². The molecule has 2 rings (SSSR count). The van der Waals surface area contributed by atoms with Crippen LogP contribution in [0, 0.1) is 0 Å². The number of carbonyl (C=O) groups excluding carboxylic acids is 1. The number of ether oxygens (including phenoxy) is 1. The highest BCUT2D eigenvalue weighted by molar-refractivity contribution is 5.81. The minimum Gasteiger partial charge on any atom is -0.468 e. The summed E-state index contributed by atoms with van der Waals surface area (Å²) in [6.45, 7) is 9.78. The molecule has 0 amide bonds. The fourth-order valence-electron chi connectivity index (χ4n) is 3.86. The van der Waals surface area contributed by atoms with Crippen LogP contribution in [0.2, 0.25) is 0 Å². The number of piperazine rings is 1. The lowest BCUT2D eigenvalue weighted by atomic mass is 9.95. The topological polar surface area (TPSA) is 44.8 Å². The molecule has 0 radical (unpaired) electrons. The Balaban J connectivity index is 2.04. The molecule has 5 heteroatoms. The lowest BCUT2D eigenvalue weighted by Gasteiger charge is -2.41. The summed E-state index contributed by atoms with van der Waals surface area (Å²) in [6, 6.07) is 1.37. The molecular formula is C16H31N3O2. The van der Waals surface area contributed by atoms with E-state index in [-0.39, 0.29) is 12.0 Å². The van der Waals surface area contributed by atoms with Gasteiger partial charge in [0.1, 0.15) is 5.54 Å².